The van der Waals surface area contributed by atoms with Gasteiger partial charge in [0.25, 0.3) is 0 Å². The molecule has 4 aliphatic rings. The third-order valence-electron chi connectivity index (χ3n) is 6.09. The van der Waals surface area contributed by atoms with E-state index in [2.05, 4.69) is 15.3 Å². The minimum Gasteiger partial charge on any atom is -0.324 e. The lowest BCUT2D eigenvalue weighted by Crippen LogP contribution is -2.57. The topological polar surface area (TPSA) is 57.8 Å². The number of carbonyl (C=O) groups is 1. The lowest BCUT2D eigenvalue weighted by atomic mass is 9.49. The maximum Gasteiger partial charge on any atom is 0.232 e. The van der Waals surface area contributed by atoms with Crippen LogP contribution in [0.15, 0.2) is 24.3 Å². The number of amides is 1. The average Bonchev–Trinajstić information content (AvgIpc) is 2.86. The van der Waals surface area contributed by atoms with Gasteiger partial charge in [-0.1, -0.05) is 12.1 Å². The molecule has 5 heteroatoms. The number of nitrogens with zero attached hydrogens (tertiary/aromatic N) is 1. The highest BCUT2D eigenvalue weighted by molar-refractivity contribution is 6.24. The summed E-state index contributed by atoms with van der Waals surface area (Å²) in [7, 11) is 0. The number of carbonyl (C=O) groups excluding carboxylic acids is 1. The summed E-state index contributed by atoms with van der Waals surface area (Å²) >= 11 is 6.83. The quantitative estimate of drug-likeness (QED) is 0.816. The summed E-state index contributed by atoms with van der Waals surface area (Å²) in [5.41, 5.74) is 1.54. The van der Waals surface area contributed by atoms with Crippen molar-refractivity contribution >= 4 is 34.5 Å². The SMILES string of the molecule is O=C(Nc1nc2ccccc2[nH]1)C12CC3CC(CC(Cl)(C3)C1)C2. The van der Waals surface area contributed by atoms with Crippen LogP contribution in [-0.2, 0) is 4.79 Å². The van der Waals surface area contributed by atoms with Gasteiger partial charge in [-0.3, -0.25) is 10.1 Å². The zero-order chi connectivity index (χ0) is 15.7. The van der Waals surface area contributed by atoms with Crippen molar-refractivity contribution in [2.24, 2.45) is 17.3 Å². The van der Waals surface area contributed by atoms with Crippen LogP contribution in [-0.4, -0.2) is 20.7 Å². The van der Waals surface area contributed by atoms with E-state index < -0.39 is 0 Å². The fourth-order valence-corrected chi connectivity index (χ4v) is 6.36. The molecule has 23 heavy (non-hydrogen) atoms. The molecule has 2 N–H and O–H groups in total. The molecule has 2 aromatic rings. The van der Waals surface area contributed by atoms with E-state index in [1.165, 1.54) is 6.42 Å². The fourth-order valence-electron chi connectivity index (χ4n) is 5.67. The summed E-state index contributed by atoms with van der Waals surface area (Å²) in [4.78, 5) is 20.6. The second-order valence-electron chi connectivity index (χ2n) is 7.95. The number of rotatable bonds is 2. The zero-order valence-corrected chi connectivity index (χ0v) is 13.7. The smallest absolute Gasteiger partial charge is 0.232 e. The zero-order valence-electron chi connectivity index (χ0n) is 12.9. The van der Waals surface area contributed by atoms with E-state index in [0.29, 0.717) is 17.8 Å². The second kappa shape index (κ2) is 4.50. The van der Waals surface area contributed by atoms with Gasteiger partial charge in [0.1, 0.15) is 0 Å². The molecule has 0 radical (unpaired) electrons. The fraction of sp³-hybridized carbons (Fsp3) is 0.556. The van der Waals surface area contributed by atoms with Crippen molar-refractivity contribution in [2.75, 3.05) is 5.32 Å². The minimum atomic E-state index is -0.287. The number of hydrogen-bond donors (Lipinski definition) is 2. The third kappa shape index (κ3) is 2.11. The van der Waals surface area contributed by atoms with E-state index >= 15 is 0 Å². The van der Waals surface area contributed by atoms with Crippen LogP contribution < -0.4 is 5.32 Å². The van der Waals surface area contributed by atoms with Gasteiger partial charge in [0.15, 0.2) is 0 Å². The van der Waals surface area contributed by atoms with E-state index in [-0.39, 0.29) is 16.2 Å². The average molecular weight is 330 g/mol. The van der Waals surface area contributed by atoms with Gasteiger partial charge >= 0.3 is 0 Å². The Bertz CT molecular complexity index is 751. The molecule has 4 nitrogen and oxygen atoms in total. The Balaban J connectivity index is 1.44. The number of alkyl halides is 1. The molecule has 4 fully saturated rings. The lowest BCUT2D eigenvalue weighted by Gasteiger charge is -2.59. The number of halogens is 1. The van der Waals surface area contributed by atoms with Crippen molar-refractivity contribution in [3.63, 3.8) is 0 Å². The molecule has 0 aliphatic heterocycles. The number of H-pyrrole nitrogens is 1. The largest absolute Gasteiger partial charge is 0.324 e. The number of para-hydroxylation sites is 2. The molecule has 1 aromatic heterocycles. The van der Waals surface area contributed by atoms with Gasteiger partial charge in [0, 0.05) is 4.87 Å². The summed E-state index contributed by atoms with van der Waals surface area (Å²) in [6.45, 7) is 0. The van der Waals surface area contributed by atoms with Crippen molar-refractivity contribution in [1.29, 1.82) is 0 Å². The van der Waals surface area contributed by atoms with E-state index in [4.69, 9.17) is 11.6 Å². The standard InChI is InChI=1S/C18H20ClN3O/c19-18-8-11-5-12(9-18)7-17(6-11,10-18)15(23)22-16-20-13-3-1-2-4-14(13)21-16/h1-4,11-12H,5-10H2,(H2,20,21,22,23). The van der Waals surface area contributed by atoms with E-state index in [0.717, 1.165) is 43.1 Å². The molecule has 4 aliphatic carbocycles. The highest BCUT2D eigenvalue weighted by Gasteiger charge is 2.60. The number of hydrogen-bond acceptors (Lipinski definition) is 2. The number of fused-ring (bicyclic) bond motifs is 1. The van der Waals surface area contributed by atoms with E-state index in [1.807, 2.05) is 24.3 Å². The van der Waals surface area contributed by atoms with Gasteiger partial charge in [-0.25, -0.2) is 4.98 Å². The van der Waals surface area contributed by atoms with Gasteiger partial charge in [0.05, 0.1) is 16.4 Å². The predicted molar refractivity (Wildman–Crippen MR) is 90.4 cm³/mol. The molecular formula is C18H20ClN3O. The lowest BCUT2D eigenvalue weighted by molar-refractivity contribution is -0.138. The summed E-state index contributed by atoms with van der Waals surface area (Å²) < 4.78 is 0. The molecule has 120 valence electrons. The van der Waals surface area contributed by atoms with Gasteiger partial charge in [0.2, 0.25) is 11.9 Å². The van der Waals surface area contributed by atoms with Crippen molar-refractivity contribution < 1.29 is 4.79 Å². The number of imidazole rings is 1. The van der Waals surface area contributed by atoms with Gasteiger partial charge in [-0.15, -0.1) is 11.6 Å². The second-order valence-corrected chi connectivity index (χ2v) is 8.75. The van der Waals surface area contributed by atoms with Gasteiger partial charge in [-0.05, 0) is 62.5 Å². The van der Waals surface area contributed by atoms with Crippen molar-refractivity contribution in [2.45, 2.75) is 43.4 Å². The Kier molecular flexibility index (Phi) is 2.71. The Morgan fingerprint density at radius 3 is 2.65 bits per heavy atom. The molecule has 4 saturated carbocycles. The molecule has 4 bridgehead atoms. The van der Waals surface area contributed by atoms with Crippen LogP contribution in [0.5, 0.6) is 0 Å². The maximum absolute atomic E-state index is 13.1. The molecule has 1 heterocycles. The summed E-state index contributed by atoms with van der Waals surface area (Å²) in [5.74, 6) is 1.90. The summed E-state index contributed by atoms with van der Waals surface area (Å²) in [6, 6.07) is 7.82. The molecule has 1 amide bonds. The molecule has 2 unspecified atom stereocenters. The number of aromatic amines is 1. The maximum atomic E-state index is 13.1. The molecule has 0 saturated heterocycles. The Morgan fingerprint density at radius 1 is 1.22 bits per heavy atom. The van der Waals surface area contributed by atoms with Gasteiger partial charge < -0.3 is 4.98 Å². The predicted octanol–water partition coefficient (Wildman–Crippen LogP) is 4.08. The first-order valence-electron chi connectivity index (χ1n) is 8.49. The molecule has 1 aromatic carbocycles. The highest BCUT2D eigenvalue weighted by atomic mass is 35.5. The Labute approximate surface area is 140 Å². The van der Waals surface area contributed by atoms with Crippen molar-refractivity contribution in [1.82, 2.24) is 9.97 Å². The van der Waals surface area contributed by atoms with Crippen molar-refractivity contribution in [3.05, 3.63) is 24.3 Å². The first-order valence-corrected chi connectivity index (χ1v) is 8.87. The number of nitrogens with one attached hydrogen (secondary N) is 2. The number of benzene rings is 1. The molecule has 2 atom stereocenters. The van der Waals surface area contributed by atoms with Crippen LogP contribution in [0.3, 0.4) is 0 Å². The molecule has 6 rings (SSSR count). The third-order valence-corrected chi connectivity index (χ3v) is 6.53. The monoisotopic (exact) mass is 329 g/mol. The van der Waals surface area contributed by atoms with E-state index in [9.17, 15) is 4.79 Å². The molecular weight excluding hydrogens is 310 g/mol. The van der Waals surface area contributed by atoms with Crippen LogP contribution in [0.4, 0.5) is 5.95 Å². The van der Waals surface area contributed by atoms with Crippen LogP contribution >= 0.6 is 11.6 Å². The van der Waals surface area contributed by atoms with Crippen LogP contribution in [0, 0.1) is 17.3 Å². The summed E-state index contributed by atoms with van der Waals surface area (Å²) in [6.07, 6.45) is 6.23. The Morgan fingerprint density at radius 2 is 1.96 bits per heavy atom. The summed E-state index contributed by atoms with van der Waals surface area (Å²) in [5, 5.41) is 3.04. The van der Waals surface area contributed by atoms with Gasteiger partial charge in [-0.2, -0.15) is 0 Å². The highest BCUT2D eigenvalue weighted by Crippen LogP contribution is 2.64. The minimum absolute atomic E-state index is 0.107. The number of aromatic nitrogens is 2. The van der Waals surface area contributed by atoms with Crippen LogP contribution in [0.2, 0.25) is 0 Å². The Hall–Kier alpha value is -1.55. The normalized spacial score (nSPS) is 38.1. The van der Waals surface area contributed by atoms with Crippen LogP contribution in [0.25, 0.3) is 11.0 Å². The number of anilines is 1. The first-order chi connectivity index (χ1) is 11.0. The van der Waals surface area contributed by atoms with Crippen LogP contribution in [0.1, 0.15) is 38.5 Å². The van der Waals surface area contributed by atoms with E-state index in [1.54, 1.807) is 0 Å². The first kappa shape index (κ1) is 13.8. The molecule has 0 spiro atoms. The van der Waals surface area contributed by atoms with Crippen molar-refractivity contribution in [3.8, 4) is 0 Å².